The number of benzene rings is 4. The molecule has 49 heteroatoms. The molecule has 30 N–H and O–H groups in total. The number of rotatable bonds is 67. The fourth-order valence-electron chi connectivity index (χ4n) is 15.2. The summed E-state index contributed by atoms with van der Waals surface area (Å²) in [4.78, 5) is 291. The predicted molar refractivity (Wildman–Crippen MR) is 554 cm³/mol. The van der Waals surface area contributed by atoms with Crippen LogP contribution in [-0.2, 0) is 126 Å². The van der Waals surface area contributed by atoms with Crippen molar-refractivity contribution in [1.82, 2.24) is 101 Å². The number of aliphatic carboxylic acids is 2. The zero-order chi connectivity index (χ0) is 112. The van der Waals surface area contributed by atoms with E-state index in [2.05, 4.69) is 114 Å². The molecule has 4 aromatic carbocycles. The van der Waals surface area contributed by atoms with Crippen molar-refractivity contribution in [2.75, 3.05) is 38.5 Å². The van der Waals surface area contributed by atoms with E-state index < -0.39 is 272 Å². The molecule has 48 nitrogen and oxygen atoms in total. The Morgan fingerprint density at radius 3 is 1.05 bits per heavy atom. The van der Waals surface area contributed by atoms with Crippen LogP contribution in [0.3, 0.4) is 0 Å². The minimum absolute atomic E-state index is 0.00956. The molecule has 0 saturated carbocycles. The Balaban J connectivity index is 1.59. The number of primary amides is 1. The van der Waals surface area contributed by atoms with Gasteiger partial charge >= 0.3 is 11.9 Å². The van der Waals surface area contributed by atoms with Gasteiger partial charge in [0.2, 0.25) is 112 Å². The Hall–Kier alpha value is -14.9. The maximum atomic E-state index is 15.2. The second kappa shape index (κ2) is 65.7. The van der Waals surface area contributed by atoms with Gasteiger partial charge in [0, 0.05) is 44.4 Å². The van der Waals surface area contributed by atoms with Crippen LogP contribution in [0.2, 0.25) is 0 Å². The molecule has 4 rings (SSSR count). The van der Waals surface area contributed by atoms with Crippen LogP contribution in [0.4, 0.5) is 0 Å². The highest BCUT2D eigenvalue weighted by molar-refractivity contribution is 7.80. The molecule has 150 heavy (non-hydrogen) atoms. The van der Waals surface area contributed by atoms with Crippen LogP contribution in [0.25, 0.3) is 0 Å². The minimum atomic E-state index is -1.99. The van der Waals surface area contributed by atoms with Gasteiger partial charge in [0.05, 0.1) is 38.7 Å². The van der Waals surface area contributed by atoms with Crippen LogP contribution in [-0.4, -0.2) is 286 Å². The first-order valence-electron chi connectivity index (χ1n) is 49.7. The zero-order valence-electron chi connectivity index (χ0n) is 86.9. The fraction of sp³-hybridized carbons (Fsp3) is 0.545. The smallest absolute Gasteiger partial charge is 0.325 e. The number of carboxylic acids is 2. The van der Waals surface area contributed by atoms with Crippen molar-refractivity contribution in [3.63, 3.8) is 0 Å². The summed E-state index contributed by atoms with van der Waals surface area (Å²) in [6, 6.07) is 5.96. The predicted octanol–water partition coefficient (Wildman–Crippen LogP) is -3.47. The standard InChI is InChI=1S/C101H151N23O25S/c1-14-58(12)84(98(146)109-50-79(128)111-67(36-37-78(103)127)88(136)110-59(13)100(148)149)124-95(143)71(42-56(8)9)117-91(139)70(41-55(6)7)118-97(145)77(51-125)122-93(141)73(46-63-32-34-64(126)35-33-63)119-92(140)74(44-61-27-20-16-21-28-61)121-99(147)83(57(10)11)123-96(144)75(45-62-29-22-17-23-30-62)120-94(142)76(47-82(131)132)113-81(130)49-108-87(135)72(43-60-25-18-15-19-26-60)112-80(129)48-107-86(134)68(39-53(2)3)116-89(137)66(31-24-38-106-101(104)105)114-90(138)69(40-54(4)5)115-85(133)65(102)52-150/h15-23,25-30,32-35,53-59,65-77,83-84,125-126,150H,14,24,31,36-52,102H2,1-13H3,(H2,103,127)(H,107,134)(H,108,135)(H,109,146)(H,110,136)(H,111,128)(H,112,129)(H,113,130)(H,114,138)(H,115,133)(H,116,137)(H,117,139)(H,118,145)(H,119,140)(H,120,142)(H,121,147)(H,122,141)(H,123,144)(H,124,143)(H,131,132)(H,148,149)(H4,104,105,106)/t58-,59-,65-,66-,67-,68-,69-,70-,71-,72-,73-,74-,75-,76-,77-,83-,84-/m0/s1. The molecule has 0 spiro atoms. The summed E-state index contributed by atoms with van der Waals surface area (Å²) < 4.78 is 0. The second-order valence-electron chi connectivity index (χ2n) is 38.7. The number of hydrogen-bond acceptors (Lipinski definition) is 26. The molecule has 0 aliphatic rings. The first-order valence-corrected chi connectivity index (χ1v) is 50.4. The number of aliphatic hydroxyl groups is 1. The van der Waals surface area contributed by atoms with Gasteiger partial charge in [-0.2, -0.15) is 12.6 Å². The van der Waals surface area contributed by atoms with Gasteiger partial charge in [-0.1, -0.05) is 193 Å². The molecule has 0 saturated heterocycles. The summed E-state index contributed by atoms with van der Waals surface area (Å²) in [5, 5.41) is 96.3. The summed E-state index contributed by atoms with van der Waals surface area (Å²) >= 11 is 4.08. The van der Waals surface area contributed by atoms with E-state index in [1.807, 2.05) is 13.8 Å². The molecule has 0 aliphatic carbocycles. The number of carbonyl (C=O) groups excluding carboxylic acids is 19. The topological polar surface area (TPSA) is 770 Å². The molecule has 4 aromatic rings. The van der Waals surface area contributed by atoms with E-state index in [0.717, 1.165) is 0 Å². The number of carbonyl (C=O) groups is 21. The van der Waals surface area contributed by atoms with Gasteiger partial charge in [-0.25, -0.2) is 0 Å². The maximum Gasteiger partial charge on any atom is 0.325 e. The van der Waals surface area contributed by atoms with Crippen molar-refractivity contribution >= 4 is 143 Å². The van der Waals surface area contributed by atoms with E-state index in [4.69, 9.17) is 22.6 Å². The Labute approximate surface area is 877 Å². The van der Waals surface area contributed by atoms with E-state index in [1.165, 1.54) is 45.0 Å². The van der Waals surface area contributed by atoms with Gasteiger partial charge in [0.15, 0.2) is 5.96 Å². The third kappa shape index (κ3) is 47.9. The van der Waals surface area contributed by atoms with Gasteiger partial charge in [-0.3, -0.25) is 106 Å². The first-order chi connectivity index (χ1) is 70.7. The number of hydrogen-bond donors (Lipinski definition) is 28. The largest absolute Gasteiger partial charge is 0.508 e. The molecule has 17 atom stereocenters. The number of carboxylic acid groups (broad SMARTS) is 2. The number of phenolic OH excluding ortho intramolecular Hbond substituents is 1. The lowest BCUT2D eigenvalue weighted by atomic mass is 9.96. The molecule has 0 fully saturated rings. The molecule has 0 radical (unpaired) electrons. The normalized spacial score (nSPS) is 14.6. The van der Waals surface area contributed by atoms with Crippen molar-refractivity contribution in [2.45, 2.75) is 277 Å². The van der Waals surface area contributed by atoms with E-state index in [1.54, 1.807) is 146 Å². The maximum absolute atomic E-state index is 15.2. The van der Waals surface area contributed by atoms with Gasteiger partial charge in [-0.05, 0) is 122 Å². The Kier molecular flexibility index (Phi) is 55.8. The monoisotopic (exact) mass is 2120 g/mol. The Morgan fingerprint density at radius 1 is 0.347 bits per heavy atom. The van der Waals surface area contributed by atoms with E-state index in [-0.39, 0.29) is 125 Å². The molecule has 19 amide bonds. The zero-order valence-corrected chi connectivity index (χ0v) is 87.7. The number of thiol groups is 1. The SMILES string of the molecule is CC[C@H](C)[C@H](NC(=O)[C@H](CC(C)C)NC(=O)[C@H](CC(C)C)NC(=O)[C@H](CO)NC(=O)[C@H](Cc1ccc(O)cc1)NC(=O)[C@H](Cc1ccccc1)NC(=O)[C@@H](NC(=O)[C@H](Cc1ccccc1)NC(=O)[C@H](CC(=O)O)NC(=O)CNC(=O)[C@H](Cc1ccccc1)NC(=O)CNC(=O)[C@H](CC(C)C)NC(=O)[C@H](CCCNC(=N)N)NC(=O)[C@H](CC(C)C)NC(=O)[C@@H](N)CS)C(C)C)C(=O)NCC(=O)N[C@@H](CCC(N)=O)C(=O)N[C@@H](C)C(=O)O. The molecule has 0 heterocycles. The highest BCUT2D eigenvalue weighted by Crippen LogP contribution is 2.20. The molecule has 0 aliphatic heterocycles. The third-order valence-electron chi connectivity index (χ3n) is 23.5. The van der Waals surface area contributed by atoms with Gasteiger partial charge < -0.3 is 139 Å². The lowest BCUT2D eigenvalue weighted by Gasteiger charge is -2.29. The molecular weight excluding hydrogens is 1970 g/mol. The first kappa shape index (κ1) is 127. The highest BCUT2D eigenvalue weighted by atomic mass is 32.1. The molecule has 0 aromatic heterocycles. The lowest BCUT2D eigenvalue weighted by molar-refractivity contribution is -0.142. The summed E-state index contributed by atoms with van der Waals surface area (Å²) in [7, 11) is 0. The summed E-state index contributed by atoms with van der Waals surface area (Å²) in [6.07, 6.45) is -2.64. The minimum Gasteiger partial charge on any atom is -0.508 e. The number of guanidine groups is 1. The van der Waals surface area contributed by atoms with Crippen LogP contribution >= 0.6 is 12.6 Å². The number of phenols is 1. The van der Waals surface area contributed by atoms with Crippen LogP contribution in [0.1, 0.15) is 176 Å². The lowest BCUT2D eigenvalue weighted by Crippen LogP contribution is -2.62. The van der Waals surface area contributed by atoms with Crippen molar-refractivity contribution < 1.29 is 121 Å². The number of aromatic hydroxyl groups is 1. The van der Waals surface area contributed by atoms with Crippen molar-refractivity contribution in [3.8, 4) is 5.75 Å². The highest BCUT2D eigenvalue weighted by Gasteiger charge is 2.41. The van der Waals surface area contributed by atoms with Crippen LogP contribution in [0.5, 0.6) is 5.75 Å². The average molecular weight is 2120 g/mol. The Morgan fingerprint density at radius 2 is 0.660 bits per heavy atom. The van der Waals surface area contributed by atoms with E-state index >= 15 is 9.59 Å². The fourth-order valence-corrected chi connectivity index (χ4v) is 15.4. The number of nitrogens with two attached hydrogens (primary N) is 3. The van der Waals surface area contributed by atoms with Gasteiger partial charge in [-0.15, -0.1) is 0 Å². The molecule has 0 unspecified atom stereocenters. The Bertz CT molecular complexity index is 5200. The molecular formula is C101H151N23O25S. The van der Waals surface area contributed by atoms with Crippen molar-refractivity contribution in [2.24, 2.45) is 52.7 Å². The number of aliphatic hydroxyl groups excluding tert-OH is 1. The molecule has 826 valence electrons. The average Bonchev–Trinajstić information content (AvgIpc) is 0.836. The van der Waals surface area contributed by atoms with Crippen LogP contribution in [0, 0.1) is 40.9 Å². The summed E-state index contributed by atoms with van der Waals surface area (Å²) in [6.45, 7) is 18.1. The second-order valence-corrected chi connectivity index (χ2v) is 39.1. The van der Waals surface area contributed by atoms with Crippen molar-refractivity contribution in [3.05, 3.63) is 138 Å². The third-order valence-corrected chi connectivity index (χ3v) is 23.9. The van der Waals surface area contributed by atoms with Crippen LogP contribution < -0.4 is 118 Å². The van der Waals surface area contributed by atoms with E-state index in [9.17, 15) is 112 Å². The van der Waals surface area contributed by atoms with Crippen LogP contribution in [0.15, 0.2) is 115 Å². The van der Waals surface area contributed by atoms with Gasteiger partial charge in [0.25, 0.3) is 0 Å². The number of nitrogens with one attached hydrogen (secondary N) is 20. The quantitative estimate of drug-likeness (QED) is 0.00884. The summed E-state index contributed by atoms with van der Waals surface area (Å²) in [5.41, 5.74) is 18.3. The van der Waals surface area contributed by atoms with E-state index in [0.29, 0.717) is 22.3 Å². The van der Waals surface area contributed by atoms with Gasteiger partial charge in [0.1, 0.15) is 96.4 Å². The van der Waals surface area contributed by atoms with Crippen molar-refractivity contribution in [1.29, 1.82) is 5.41 Å². The number of amides is 19. The summed E-state index contributed by atoms with van der Waals surface area (Å²) in [5.74, 6) is -24.2. The molecule has 0 bridgehead atoms.